The number of fused-ring (bicyclic) bond motifs is 1. The first-order valence-electron chi connectivity index (χ1n) is 10.7. The molecule has 166 valence electrons. The number of halogens is 2. The molecule has 0 saturated carbocycles. The fraction of sp³-hybridized carbons (Fsp3) is 0.148. The maximum atomic E-state index is 6.45. The molecular weight excluding hydrogens is 473 g/mol. The van der Waals surface area contributed by atoms with E-state index >= 15 is 0 Å². The van der Waals surface area contributed by atoms with Crippen molar-refractivity contribution in [2.45, 2.75) is 26.4 Å². The highest BCUT2D eigenvalue weighted by Crippen LogP contribution is 2.39. The Morgan fingerprint density at radius 2 is 1.70 bits per heavy atom. The van der Waals surface area contributed by atoms with Gasteiger partial charge in [0.1, 0.15) is 23.8 Å². The van der Waals surface area contributed by atoms with Crippen molar-refractivity contribution in [1.82, 2.24) is 5.16 Å². The van der Waals surface area contributed by atoms with E-state index in [0.29, 0.717) is 27.9 Å². The third-order valence-corrected chi connectivity index (χ3v) is 7.25. The Balaban J connectivity index is 1.46. The molecule has 0 aliphatic rings. The number of rotatable bonds is 6. The highest BCUT2D eigenvalue weighted by Gasteiger charge is 2.23. The summed E-state index contributed by atoms with van der Waals surface area (Å²) in [6.07, 6.45) is 0. The first kappa shape index (κ1) is 22.0. The Labute approximate surface area is 206 Å². The summed E-state index contributed by atoms with van der Waals surface area (Å²) in [6.45, 7) is 4.42. The summed E-state index contributed by atoms with van der Waals surface area (Å²) in [5.74, 6) is 1.69. The fourth-order valence-electron chi connectivity index (χ4n) is 3.84. The van der Waals surface area contributed by atoms with Gasteiger partial charge in [-0.05, 0) is 47.3 Å². The second kappa shape index (κ2) is 9.22. The molecule has 33 heavy (non-hydrogen) atoms. The second-order valence-electron chi connectivity index (χ2n) is 8.09. The van der Waals surface area contributed by atoms with Gasteiger partial charge in [0.05, 0.1) is 15.6 Å². The number of hydrogen-bond acceptors (Lipinski definition) is 4. The van der Waals surface area contributed by atoms with Crippen LogP contribution in [0.4, 0.5) is 0 Å². The Hall–Kier alpha value is -2.79. The molecule has 0 atom stereocenters. The Kier molecular flexibility index (Phi) is 6.15. The number of nitrogens with zero attached hydrogens (tertiary/aromatic N) is 1. The van der Waals surface area contributed by atoms with Gasteiger partial charge in [0.25, 0.3) is 0 Å². The molecule has 3 nitrogen and oxygen atoms in total. The Morgan fingerprint density at radius 3 is 2.42 bits per heavy atom. The van der Waals surface area contributed by atoms with Crippen LogP contribution < -0.4 is 4.74 Å². The number of ether oxygens (including phenoxy) is 1. The van der Waals surface area contributed by atoms with Crippen molar-refractivity contribution in [2.24, 2.45) is 0 Å². The summed E-state index contributed by atoms with van der Waals surface area (Å²) in [4.78, 5) is 1.24. The van der Waals surface area contributed by atoms with Gasteiger partial charge in [-0.2, -0.15) is 0 Å². The lowest BCUT2D eigenvalue weighted by Gasteiger charge is -2.11. The van der Waals surface area contributed by atoms with Crippen LogP contribution in [0.15, 0.2) is 77.3 Å². The first-order chi connectivity index (χ1) is 16.0. The smallest absolute Gasteiger partial charge is 0.146 e. The summed E-state index contributed by atoms with van der Waals surface area (Å²) in [5, 5.41) is 6.56. The Bertz CT molecular complexity index is 1400. The predicted molar refractivity (Wildman–Crippen MR) is 138 cm³/mol. The van der Waals surface area contributed by atoms with Crippen LogP contribution in [-0.4, -0.2) is 5.16 Å². The molecule has 0 N–H and O–H groups in total. The summed E-state index contributed by atoms with van der Waals surface area (Å²) >= 11 is 14.7. The molecule has 0 amide bonds. The maximum absolute atomic E-state index is 6.45. The van der Waals surface area contributed by atoms with Gasteiger partial charge >= 0.3 is 0 Å². The quantitative estimate of drug-likeness (QED) is 0.236. The third kappa shape index (κ3) is 4.39. The van der Waals surface area contributed by atoms with Crippen LogP contribution in [0, 0.1) is 0 Å². The SMILES string of the molecule is CC(C)c1onc(-c2c(Cl)cccc2Cl)c1COc1ccc2cc(-c3ccccc3)sc2c1. The summed E-state index contributed by atoms with van der Waals surface area (Å²) in [7, 11) is 0. The van der Waals surface area contributed by atoms with Crippen molar-refractivity contribution < 1.29 is 9.26 Å². The molecule has 0 aliphatic heterocycles. The van der Waals surface area contributed by atoms with Crippen molar-refractivity contribution in [3.63, 3.8) is 0 Å². The van der Waals surface area contributed by atoms with Gasteiger partial charge in [-0.3, -0.25) is 0 Å². The summed E-state index contributed by atoms with van der Waals surface area (Å²) < 4.78 is 13.1. The molecule has 6 heteroatoms. The molecule has 2 aromatic heterocycles. The summed E-state index contributed by atoms with van der Waals surface area (Å²) in [6, 6.07) is 24.2. The van der Waals surface area contributed by atoms with Crippen molar-refractivity contribution in [2.75, 3.05) is 0 Å². The van der Waals surface area contributed by atoms with Crippen molar-refractivity contribution in [3.05, 3.63) is 94.2 Å². The largest absolute Gasteiger partial charge is 0.489 e. The molecule has 0 fully saturated rings. The maximum Gasteiger partial charge on any atom is 0.146 e. The minimum atomic E-state index is 0.138. The van der Waals surface area contributed by atoms with E-state index in [1.165, 1.54) is 20.5 Å². The lowest BCUT2D eigenvalue weighted by atomic mass is 10.0. The minimum absolute atomic E-state index is 0.138. The molecule has 0 bridgehead atoms. The lowest BCUT2D eigenvalue weighted by molar-refractivity contribution is 0.299. The predicted octanol–water partition coefficient (Wildman–Crippen LogP) is 9.23. The van der Waals surface area contributed by atoms with Crippen molar-refractivity contribution >= 4 is 44.6 Å². The standard InChI is InChI=1S/C27H21Cl2NO2S/c1-16(2)27-20(26(30-32-27)25-21(28)9-6-10-22(25)29)15-31-19-12-11-18-13-23(33-24(18)14-19)17-7-4-3-5-8-17/h3-14,16H,15H2,1-2H3. The van der Waals surface area contributed by atoms with E-state index in [0.717, 1.165) is 17.1 Å². The highest BCUT2D eigenvalue weighted by atomic mass is 35.5. The zero-order valence-corrected chi connectivity index (χ0v) is 20.5. The van der Waals surface area contributed by atoms with Crippen molar-refractivity contribution in [1.29, 1.82) is 0 Å². The van der Waals surface area contributed by atoms with E-state index in [-0.39, 0.29) is 5.92 Å². The molecule has 3 aromatic carbocycles. The average Bonchev–Trinajstić information content (AvgIpc) is 3.42. The molecule has 2 heterocycles. The molecule has 0 spiro atoms. The second-order valence-corrected chi connectivity index (χ2v) is 9.99. The molecule has 0 unspecified atom stereocenters. The van der Waals surface area contributed by atoms with Crippen LogP contribution in [0.2, 0.25) is 10.0 Å². The highest BCUT2D eigenvalue weighted by molar-refractivity contribution is 7.22. The molecule has 5 aromatic rings. The van der Waals surface area contributed by atoms with Crippen LogP contribution in [0.25, 0.3) is 31.8 Å². The van der Waals surface area contributed by atoms with E-state index in [1.807, 2.05) is 18.2 Å². The molecule has 0 radical (unpaired) electrons. The van der Waals surface area contributed by atoms with E-state index in [2.05, 4.69) is 61.5 Å². The summed E-state index contributed by atoms with van der Waals surface area (Å²) in [5.41, 5.74) is 3.36. The van der Waals surface area contributed by atoms with Crippen LogP contribution in [0.3, 0.4) is 0 Å². The number of hydrogen-bond donors (Lipinski definition) is 0. The average molecular weight is 494 g/mol. The van der Waals surface area contributed by atoms with Crippen molar-refractivity contribution in [3.8, 4) is 27.4 Å². The molecular formula is C27H21Cl2NO2S. The van der Waals surface area contributed by atoms with Gasteiger partial charge in [-0.25, -0.2) is 0 Å². The molecule has 0 aliphatic carbocycles. The first-order valence-corrected chi connectivity index (χ1v) is 12.2. The molecule has 0 saturated heterocycles. The van der Waals surface area contributed by atoms with Crippen LogP contribution in [-0.2, 0) is 6.61 Å². The van der Waals surface area contributed by atoms with Gasteiger partial charge < -0.3 is 9.26 Å². The molecule has 5 rings (SSSR count). The van der Waals surface area contributed by atoms with Gasteiger partial charge in [-0.1, -0.05) is 78.6 Å². The number of benzene rings is 3. The van der Waals surface area contributed by atoms with E-state index in [1.54, 1.807) is 23.5 Å². The van der Waals surface area contributed by atoms with E-state index < -0.39 is 0 Å². The monoisotopic (exact) mass is 493 g/mol. The zero-order valence-electron chi connectivity index (χ0n) is 18.1. The Morgan fingerprint density at radius 1 is 0.939 bits per heavy atom. The van der Waals surface area contributed by atoms with Crippen LogP contribution in [0.1, 0.15) is 31.1 Å². The van der Waals surface area contributed by atoms with E-state index in [4.69, 9.17) is 32.5 Å². The zero-order chi connectivity index (χ0) is 22.9. The van der Waals surface area contributed by atoms with Gasteiger partial charge in [0, 0.05) is 21.1 Å². The minimum Gasteiger partial charge on any atom is -0.489 e. The normalized spacial score (nSPS) is 11.4. The topological polar surface area (TPSA) is 35.3 Å². The fourth-order valence-corrected chi connectivity index (χ4v) is 5.51. The number of thiophene rings is 1. The van der Waals surface area contributed by atoms with E-state index in [9.17, 15) is 0 Å². The van der Waals surface area contributed by atoms with Gasteiger partial charge in [-0.15, -0.1) is 11.3 Å². The third-order valence-electron chi connectivity index (χ3n) is 5.48. The van der Waals surface area contributed by atoms with Crippen LogP contribution in [0.5, 0.6) is 5.75 Å². The van der Waals surface area contributed by atoms with Gasteiger partial charge in [0.15, 0.2) is 0 Å². The van der Waals surface area contributed by atoms with Gasteiger partial charge in [0.2, 0.25) is 0 Å². The lowest BCUT2D eigenvalue weighted by Crippen LogP contribution is -2.01. The number of aromatic nitrogens is 1. The van der Waals surface area contributed by atoms with Crippen LogP contribution >= 0.6 is 34.5 Å².